The highest BCUT2D eigenvalue weighted by Crippen LogP contribution is 2.27. The average Bonchev–Trinajstić information content (AvgIpc) is 2.46. The second kappa shape index (κ2) is 5.41. The Hall–Kier alpha value is -2.01. The van der Waals surface area contributed by atoms with Gasteiger partial charge in [0.25, 0.3) is 5.56 Å². The van der Waals surface area contributed by atoms with Crippen molar-refractivity contribution in [1.29, 1.82) is 0 Å². The lowest BCUT2D eigenvalue weighted by Crippen LogP contribution is -2.17. The number of para-hydroxylation sites is 1. The summed E-state index contributed by atoms with van der Waals surface area (Å²) in [5.74, 6) is 0.493. The molecule has 3 rings (SSSR count). The smallest absolute Gasteiger partial charge is 0.254 e. The molecule has 0 unspecified atom stereocenters. The summed E-state index contributed by atoms with van der Waals surface area (Å²) in [5, 5.41) is 1.04. The van der Waals surface area contributed by atoms with Crippen LogP contribution in [-0.4, -0.2) is 15.0 Å². The molecule has 0 saturated heterocycles. The summed E-state index contributed by atoms with van der Waals surface area (Å²) in [5.41, 5.74) is 2.89. The van der Waals surface area contributed by atoms with Crippen LogP contribution in [0, 0.1) is 6.92 Å². The van der Waals surface area contributed by atoms with Crippen molar-refractivity contribution in [2.45, 2.75) is 20.3 Å². The van der Waals surface area contributed by atoms with Crippen molar-refractivity contribution in [3.8, 4) is 11.5 Å². The van der Waals surface area contributed by atoms with Gasteiger partial charge in [-0.2, -0.15) is 0 Å². The van der Waals surface area contributed by atoms with E-state index in [0.29, 0.717) is 17.9 Å². The zero-order valence-electron chi connectivity index (χ0n) is 11.8. The molecule has 2 aromatic heterocycles. The fourth-order valence-corrected chi connectivity index (χ4v) is 2.92. The summed E-state index contributed by atoms with van der Waals surface area (Å²) in [6.07, 6.45) is 0.667. The SMILES string of the molecule is CCc1c(C)nc(-c2nc3ccccc3cc2Br)[nH]c1=O. The highest BCUT2D eigenvalue weighted by atomic mass is 79.9. The number of rotatable bonds is 2. The van der Waals surface area contributed by atoms with Crippen LogP contribution in [0.3, 0.4) is 0 Å². The first-order chi connectivity index (χ1) is 10.1. The molecule has 5 heteroatoms. The van der Waals surface area contributed by atoms with Gasteiger partial charge < -0.3 is 4.98 Å². The van der Waals surface area contributed by atoms with E-state index in [2.05, 4.69) is 30.9 Å². The van der Waals surface area contributed by atoms with Gasteiger partial charge in [0, 0.05) is 21.1 Å². The van der Waals surface area contributed by atoms with Gasteiger partial charge in [-0.05, 0) is 41.4 Å². The van der Waals surface area contributed by atoms with Crippen LogP contribution in [0.2, 0.25) is 0 Å². The minimum Gasteiger partial charge on any atom is -0.305 e. The molecule has 21 heavy (non-hydrogen) atoms. The quantitative estimate of drug-likeness (QED) is 0.772. The third-order valence-electron chi connectivity index (χ3n) is 3.48. The Balaban J connectivity index is 2.25. The monoisotopic (exact) mass is 343 g/mol. The van der Waals surface area contributed by atoms with Crippen molar-refractivity contribution in [2.75, 3.05) is 0 Å². The maximum absolute atomic E-state index is 12.1. The van der Waals surface area contributed by atoms with Crippen LogP contribution in [0.1, 0.15) is 18.2 Å². The van der Waals surface area contributed by atoms with Gasteiger partial charge in [0.05, 0.1) is 5.52 Å². The van der Waals surface area contributed by atoms with E-state index in [1.807, 2.05) is 44.2 Å². The van der Waals surface area contributed by atoms with Crippen LogP contribution in [0.15, 0.2) is 39.6 Å². The first-order valence-corrected chi connectivity index (χ1v) is 7.55. The number of nitrogens with one attached hydrogen (secondary N) is 1. The summed E-state index contributed by atoms with van der Waals surface area (Å²) in [6.45, 7) is 3.80. The zero-order chi connectivity index (χ0) is 15.0. The predicted octanol–water partition coefficient (Wildman–Crippen LogP) is 3.62. The van der Waals surface area contributed by atoms with Crippen LogP contribution in [-0.2, 0) is 6.42 Å². The molecule has 0 aliphatic heterocycles. The molecule has 1 aromatic carbocycles. The molecule has 0 amide bonds. The number of nitrogens with zero attached hydrogens (tertiary/aromatic N) is 2. The molecule has 0 radical (unpaired) electrons. The molecule has 0 saturated carbocycles. The van der Waals surface area contributed by atoms with Gasteiger partial charge in [-0.1, -0.05) is 25.1 Å². The van der Waals surface area contributed by atoms with Gasteiger partial charge in [-0.3, -0.25) is 4.79 Å². The fraction of sp³-hybridized carbons (Fsp3) is 0.188. The van der Waals surface area contributed by atoms with Crippen molar-refractivity contribution >= 4 is 26.8 Å². The van der Waals surface area contributed by atoms with Gasteiger partial charge in [-0.25, -0.2) is 9.97 Å². The highest BCUT2D eigenvalue weighted by Gasteiger charge is 2.12. The molecular weight excluding hydrogens is 330 g/mol. The van der Waals surface area contributed by atoms with E-state index in [1.165, 1.54) is 0 Å². The van der Waals surface area contributed by atoms with Crippen LogP contribution in [0.4, 0.5) is 0 Å². The van der Waals surface area contributed by atoms with Gasteiger partial charge in [0.1, 0.15) is 5.69 Å². The first kappa shape index (κ1) is 13.9. The van der Waals surface area contributed by atoms with Gasteiger partial charge >= 0.3 is 0 Å². The summed E-state index contributed by atoms with van der Waals surface area (Å²) in [7, 11) is 0. The van der Waals surface area contributed by atoms with E-state index >= 15 is 0 Å². The molecule has 4 nitrogen and oxygen atoms in total. The van der Waals surface area contributed by atoms with E-state index < -0.39 is 0 Å². The van der Waals surface area contributed by atoms with Gasteiger partial charge in [0.2, 0.25) is 0 Å². The number of H-pyrrole nitrogens is 1. The molecule has 0 aliphatic carbocycles. The maximum Gasteiger partial charge on any atom is 0.254 e. The number of benzene rings is 1. The Morgan fingerprint density at radius 1 is 1.24 bits per heavy atom. The number of aromatic amines is 1. The molecule has 0 bridgehead atoms. The summed E-state index contributed by atoms with van der Waals surface area (Å²) >= 11 is 3.51. The van der Waals surface area contributed by atoms with Crippen LogP contribution in [0.5, 0.6) is 0 Å². The summed E-state index contributed by atoms with van der Waals surface area (Å²) in [6, 6.07) is 9.83. The Labute approximate surface area is 130 Å². The number of hydrogen-bond acceptors (Lipinski definition) is 3. The summed E-state index contributed by atoms with van der Waals surface area (Å²) < 4.78 is 0.813. The molecule has 3 aromatic rings. The lowest BCUT2D eigenvalue weighted by atomic mass is 10.1. The van der Waals surface area contributed by atoms with Crippen molar-refractivity contribution in [3.05, 3.63) is 56.4 Å². The molecule has 0 atom stereocenters. The number of fused-ring (bicyclic) bond motifs is 1. The van der Waals surface area contributed by atoms with Crippen molar-refractivity contribution in [1.82, 2.24) is 15.0 Å². The Morgan fingerprint density at radius 3 is 2.71 bits per heavy atom. The topological polar surface area (TPSA) is 58.6 Å². The highest BCUT2D eigenvalue weighted by molar-refractivity contribution is 9.10. The molecule has 0 aliphatic rings. The van der Waals surface area contributed by atoms with Gasteiger partial charge in [0.15, 0.2) is 5.82 Å². The maximum atomic E-state index is 12.1. The Kier molecular flexibility index (Phi) is 3.59. The number of halogens is 1. The average molecular weight is 344 g/mol. The normalized spacial score (nSPS) is 11.0. The predicted molar refractivity (Wildman–Crippen MR) is 87.4 cm³/mol. The minimum absolute atomic E-state index is 0.0955. The van der Waals surface area contributed by atoms with E-state index in [0.717, 1.165) is 26.6 Å². The van der Waals surface area contributed by atoms with E-state index in [4.69, 9.17) is 0 Å². The molecule has 106 valence electrons. The number of aryl methyl sites for hydroxylation is 1. The number of hydrogen-bond donors (Lipinski definition) is 1. The molecule has 0 fully saturated rings. The van der Waals surface area contributed by atoms with E-state index in [9.17, 15) is 4.79 Å². The largest absolute Gasteiger partial charge is 0.305 e. The molecular formula is C16H14BrN3O. The van der Waals surface area contributed by atoms with Crippen LogP contribution in [0.25, 0.3) is 22.4 Å². The van der Waals surface area contributed by atoms with E-state index in [1.54, 1.807) is 0 Å². The van der Waals surface area contributed by atoms with Gasteiger partial charge in [-0.15, -0.1) is 0 Å². The van der Waals surface area contributed by atoms with Crippen molar-refractivity contribution in [2.24, 2.45) is 0 Å². The lowest BCUT2D eigenvalue weighted by molar-refractivity contribution is 0.962. The Bertz CT molecular complexity index is 886. The third-order valence-corrected chi connectivity index (χ3v) is 4.08. The molecule has 2 heterocycles. The summed E-state index contributed by atoms with van der Waals surface area (Å²) in [4.78, 5) is 24.0. The third kappa shape index (κ3) is 2.49. The van der Waals surface area contributed by atoms with Crippen molar-refractivity contribution in [3.63, 3.8) is 0 Å². The van der Waals surface area contributed by atoms with Crippen LogP contribution >= 0.6 is 15.9 Å². The second-order valence-corrected chi connectivity index (χ2v) is 5.70. The van der Waals surface area contributed by atoms with Crippen LogP contribution < -0.4 is 5.56 Å². The lowest BCUT2D eigenvalue weighted by Gasteiger charge is -2.08. The Morgan fingerprint density at radius 2 is 2.00 bits per heavy atom. The molecule has 0 spiro atoms. The van der Waals surface area contributed by atoms with Crippen molar-refractivity contribution < 1.29 is 0 Å². The number of pyridine rings is 1. The zero-order valence-corrected chi connectivity index (χ0v) is 13.4. The second-order valence-electron chi connectivity index (χ2n) is 4.84. The molecule has 1 N–H and O–H groups in total. The first-order valence-electron chi connectivity index (χ1n) is 6.75. The minimum atomic E-state index is -0.0955. The number of aromatic nitrogens is 3. The standard InChI is InChI=1S/C16H14BrN3O/c1-3-11-9(2)18-15(20-16(11)21)14-12(17)8-10-6-4-5-7-13(10)19-14/h4-8H,3H2,1-2H3,(H,18,20,21). The van der Waals surface area contributed by atoms with E-state index in [-0.39, 0.29) is 5.56 Å². The fourth-order valence-electron chi connectivity index (χ4n) is 2.40.